The number of piperazine rings is 1. The van der Waals surface area contributed by atoms with Crippen molar-refractivity contribution in [3.63, 3.8) is 0 Å². The van der Waals surface area contributed by atoms with Crippen molar-refractivity contribution >= 4 is 29.2 Å². The van der Waals surface area contributed by atoms with Crippen LogP contribution >= 0.6 is 12.4 Å². The van der Waals surface area contributed by atoms with Crippen LogP contribution in [0.4, 0.5) is 0 Å². The van der Waals surface area contributed by atoms with E-state index in [1.807, 2.05) is 23.1 Å². The Morgan fingerprint density at radius 2 is 1.91 bits per heavy atom. The number of carbonyl (C=O) groups excluding carboxylic acids is 1. The number of hydrogen-bond donors (Lipinski definition) is 1. The third kappa shape index (κ3) is 4.09. The van der Waals surface area contributed by atoms with Crippen LogP contribution in [0.25, 0.3) is 10.9 Å². The van der Waals surface area contributed by atoms with Gasteiger partial charge in [0.15, 0.2) is 0 Å². The van der Waals surface area contributed by atoms with E-state index in [0.717, 1.165) is 26.2 Å². The molecule has 0 atom stereocenters. The molecule has 124 valence electrons. The van der Waals surface area contributed by atoms with Crippen molar-refractivity contribution in [3.8, 4) is 0 Å². The van der Waals surface area contributed by atoms with Gasteiger partial charge in [-0.15, -0.1) is 12.4 Å². The summed E-state index contributed by atoms with van der Waals surface area (Å²) in [6.45, 7) is 3.38. The number of para-hydroxylation sites is 1. The maximum absolute atomic E-state index is 12.2. The highest BCUT2D eigenvalue weighted by Crippen LogP contribution is 2.08. The fourth-order valence-corrected chi connectivity index (χ4v) is 2.69. The summed E-state index contributed by atoms with van der Waals surface area (Å²) in [6.07, 6.45) is 0.843. The normalized spacial score (nSPS) is 15.4. The van der Waals surface area contributed by atoms with Crippen LogP contribution in [0.2, 0.25) is 0 Å². The van der Waals surface area contributed by atoms with Gasteiger partial charge in [0, 0.05) is 39.0 Å². The van der Waals surface area contributed by atoms with Gasteiger partial charge in [0.25, 0.3) is 5.56 Å². The van der Waals surface area contributed by atoms with Crippen molar-refractivity contribution in [1.29, 1.82) is 0 Å². The monoisotopic (exact) mass is 336 g/mol. The Labute approximate surface area is 140 Å². The van der Waals surface area contributed by atoms with Gasteiger partial charge in [0.2, 0.25) is 5.91 Å². The molecule has 1 aliphatic heterocycles. The Kier molecular flexibility index (Phi) is 5.74. The molecule has 0 radical (unpaired) electrons. The molecule has 1 fully saturated rings. The first kappa shape index (κ1) is 17.4. The first-order valence-corrected chi connectivity index (χ1v) is 7.58. The Bertz CT molecular complexity index is 738. The van der Waals surface area contributed by atoms with Gasteiger partial charge in [-0.05, 0) is 19.2 Å². The second-order valence-corrected chi connectivity index (χ2v) is 5.71. The van der Waals surface area contributed by atoms with E-state index in [2.05, 4.69) is 21.9 Å². The van der Waals surface area contributed by atoms with Crippen LogP contribution < -0.4 is 5.56 Å². The van der Waals surface area contributed by atoms with Crippen LogP contribution in [0.5, 0.6) is 0 Å². The van der Waals surface area contributed by atoms with Crippen molar-refractivity contribution in [3.05, 3.63) is 40.4 Å². The van der Waals surface area contributed by atoms with Crippen LogP contribution in [-0.2, 0) is 11.2 Å². The van der Waals surface area contributed by atoms with Crippen molar-refractivity contribution < 1.29 is 4.79 Å². The minimum absolute atomic E-state index is 0. The molecule has 2 aromatic rings. The summed E-state index contributed by atoms with van der Waals surface area (Å²) >= 11 is 0. The Balaban J connectivity index is 0.00000192. The Morgan fingerprint density at radius 3 is 2.65 bits per heavy atom. The van der Waals surface area contributed by atoms with Gasteiger partial charge < -0.3 is 14.8 Å². The molecular formula is C16H21ClN4O2. The summed E-state index contributed by atoms with van der Waals surface area (Å²) in [4.78, 5) is 35.5. The number of nitrogens with one attached hydrogen (secondary N) is 1. The molecule has 7 heteroatoms. The maximum atomic E-state index is 12.2. The zero-order valence-corrected chi connectivity index (χ0v) is 13.9. The molecule has 1 amide bonds. The van der Waals surface area contributed by atoms with Crippen LogP contribution in [0, 0.1) is 0 Å². The second-order valence-electron chi connectivity index (χ2n) is 5.71. The topological polar surface area (TPSA) is 69.3 Å². The number of H-pyrrole nitrogens is 1. The zero-order chi connectivity index (χ0) is 15.5. The standard InChI is InChI=1S/C16H20N4O2.ClH/c1-19-8-10-20(11-9-19)15(21)7-6-14-17-13-5-3-2-4-12(13)16(22)18-14;/h2-5H,6-11H2,1H3,(H,17,18,22);1H. The number of aromatic amines is 1. The summed E-state index contributed by atoms with van der Waals surface area (Å²) in [5.74, 6) is 0.704. The van der Waals surface area contributed by atoms with Gasteiger partial charge in [-0.3, -0.25) is 9.59 Å². The average molecular weight is 337 g/mol. The molecule has 0 spiro atoms. The number of aryl methyl sites for hydroxylation is 1. The van der Waals surface area contributed by atoms with E-state index in [-0.39, 0.29) is 23.9 Å². The van der Waals surface area contributed by atoms with E-state index < -0.39 is 0 Å². The summed E-state index contributed by atoms with van der Waals surface area (Å²) in [5.41, 5.74) is 0.529. The lowest BCUT2D eigenvalue weighted by Gasteiger charge is -2.32. The smallest absolute Gasteiger partial charge is 0.258 e. The van der Waals surface area contributed by atoms with Crippen LogP contribution in [0.1, 0.15) is 12.2 Å². The highest BCUT2D eigenvalue weighted by Gasteiger charge is 2.18. The fraction of sp³-hybridized carbons (Fsp3) is 0.438. The minimum atomic E-state index is -0.146. The number of nitrogens with zero attached hydrogens (tertiary/aromatic N) is 3. The predicted molar refractivity (Wildman–Crippen MR) is 92.0 cm³/mol. The summed E-state index contributed by atoms with van der Waals surface area (Å²) in [6, 6.07) is 7.24. The van der Waals surface area contributed by atoms with Crippen molar-refractivity contribution in [2.75, 3.05) is 33.2 Å². The summed E-state index contributed by atoms with van der Waals surface area (Å²) in [7, 11) is 2.06. The number of likely N-dealkylation sites (N-methyl/N-ethyl adjacent to an activating group) is 1. The minimum Gasteiger partial charge on any atom is -0.340 e. The molecule has 1 aromatic carbocycles. The van der Waals surface area contributed by atoms with E-state index in [1.165, 1.54) is 0 Å². The molecule has 1 saturated heterocycles. The molecule has 0 bridgehead atoms. The molecular weight excluding hydrogens is 316 g/mol. The number of carbonyl (C=O) groups is 1. The number of halogens is 1. The fourth-order valence-electron chi connectivity index (χ4n) is 2.69. The van der Waals surface area contributed by atoms with Gasteiger partial charge in [-0.25, -0.2) is 4.98 Å². The van der Waals surface area contributed by atoms with Gasteiger partial charge in [-0.2, -0.15) is 0 Å². The molecule has 23 heavy (non-hydrogen) atoms. The number of rotatable bonds is 3. The molecule has 1 aliphatic rings. The molecule has 6 nitrogen and oxygen atoms in total. The zero-order valence-electron chi connectivity index (χ0n) is 13.1. The van der Waals surface area contributed by atoms with Crippen molar-refractivity contribution in [1.82, 2.24) is 19.8 Å². The quantitative estimate of drug-likeness (QED) is 0.909. The molecule has 0 aliphatic carbocycles. The highest BCUT2D eigenvalue weighted by molar-refractivity contribution is 5.85. The Hall–Kier alpha value is -1.92. The molecule has 1 N–H and O–H groups in total. The predicted octanol–water partition coefficient (Wildman–Crippen LogP) is 1.05. The molecule has 1 aromatic heterocycles. The first-order valence-electron chi connectivity index (χ1n) is 7.58. The summed E-state index contributed by atoms with van der Waals surface area (Å²) in [5, 5.41) is 0.580. The maximum Gasteiger partial charge on any atom is 0.258 e. The average Bonchev–Trinajstić information content (AvgIpc) is 2.53. The van der Waals surface area contributed by atoms with E-state index in [0.29, 0.717) is 29.6 Å². The van der Waals surface area contributed by atoms with Crippen molar-refractivity contribution in [2.45, 2.75) is 12.8 Å². The highest BCUT2D eigenvalue weighted by atomic mass is 35.5. The number of benzene rings is 1. The lowest BCUT2D eigenvalue weighted by molar-refractivity contribution is -0.132. The van der Waals surface area contributed by atoms with E-state index in [9.17, 15) is 9.59 Å². The number of fused-ring (bicyclic) bond motifs is 1. The second kappa shape index (κ2) is 7.57. The van der Waals surface area contributed by atoms with Gasteiger partial charge in [-0.1, -0.05) is 12.1 Å². The van der Waals surface area contributed by atoms with Gasteiger partial charge >= 0.3 is 0 Å². The molecule has 2 heterocycles. The van der Waals surface area contributed by atoms with E-state index in [1.54, 1.807) is 6.07 Å². The number of aromatic nitrogens is 2. The SMILES string of the molecule is CN1CCN(C(=O)CCc2nc3ccccc3c(=O)[nH]2)CC1.Cl. The van der Waals surface area contributed by atoms with Gasteiger partial charge in [0.05, 0.1) is 10.9 Å². The Morgan fingerprint density at radius 1 is 1.22 bits per heavy atom. The van der Waals surface area contributed by atoms with E-state index in [4.69, 9.17) is 0 Å². The summed E-state index contributed by atoms with van der Waals surface area (Å²) < 4.78 is 0. The number of amides is 1. The first-order chi connectivity index (χ1) is 10.6. The third-order valence-electron chi connectivity index (χ3n) is 4.09. The molecule has 3 rings (SSSR count). The third-order valence-corrected chi connectivity index (χ3v) is 4.09. The van der Waals surface area contributed by atoms with Crippen LogP contribution in [0.3, 0.4) is 0 Å². The van der Waals surface area contributed by atoms with Crippen molar-refractivity contribution in [2.24, 2.45) is 0 Å². The molecule has 0 saturated carbocycles. The molecule has 0 unspecified atom stereocenters. The van der Waals surface area contributed by atoms with Crippen LogP contribution in [0.15, 0.2) is 29.1 Å². The van der Waals surface area contributed by atoms with E-state index >= 15 is 0 Å². The van der Waals surface area contributed by atoms with Crippen LogP contribution in [-0.4, -0.2) is 58.9 Å². The lowest BCUT2D eigenvalue weighted by atomic mass is 10.2. The van der Waals surface area contributed by atoms with Gasteiger partial charge in [0.1, 0.15) is 5.82 Å². The largest absolute Gasteiger partial charge is 0.340 e. The number of hydrogen-bond acceptors (Lipinski definition) is 4. The lowest BCUT2D eigenvalue weighted by Crippen LogP contribution is -2.47.